The van der Waals surface area contributed by atoms with Crippen LogP contribution in [0.4, 0.5) is 0 Å². The smallest absolute Gasteiger partial charge is 0.191 e. The molecule has 2 heterocycles. The Bertz CT molecular complexity index is 544. The molecule has 1 aromatic heterocycles. The number of rotatable bonds is 7. The van der Waals surface area contributed by atoms with Crippen LogP contribution in [0.15, 0.2) is 4.99 Å². The molecule has 1 aromatic rings. The molecule has 2 N–H and O–H groups in total. The molecular weight excluding hydrogens is 312 g/mol. The molecule has 2 aliphatic rings. The monoisotopic (exact) mass is 346 g/mol. The van der Waals surface area contributed by atoms with Crippen LogP contribution in [-0.2, 0) is 19.5 Å². The Morgan fingerprint density at radius 2 is 2.00 bits per heavy atom. The molecule has 3 rings (SSSR count). The summed E-state index contributed by atoms with van der Waals surface area (Å²) in [6, 6.07) is 0. The number of aryl methyl sites for hydroxylation is 1. The van der Waals surface area contributed by atoms with Crippen molar-refractivity contribution in [2.24, 2.45) is 10.9 Å². The van der Waals surface area contributed by atoms with Crippen LogP contribution in [0, 0.1) is 5.92 Å². The van der Waals surface area contributed by atoms with E-state index in [4.69, 9.17) is 4.99 Å². The summed E-state index contributed by atoms with van der Waals surface area (Å²) in [7, 11) is 0. The lowest BCUT2D eigenvalue weighted by Gasteiger charge is -2.13. The van der Waals surface area contributed by atoms with Crippen molar-refractivity contribution in [1.82, 2.24) is 25.4 Å². The number of hydrogen-bond acceptors (Lipinski definition) is 3. The van der Waals surface area contributed by atoms with Gasteiger partial charge in [-0.1, -0.05) is 32.1 Å². The molecule has 0 aromatic carbocycles. The highest BCUT2D eigenvalue weighted by atomic mass is 15.3. The summed E-state index contributed by atoms with van der Waals surface area (Å²) in [5, 5.41) is 15.6. The summed E-state index contributed by atoms with van der Waals surface area (Å²) < 4.78 is 2.28. The van der Waals surface area contributed by atoms with Crippen LogP contribution in [0.3, 0.4) is 0 Å². The predicted molar refractivity (Wildman–Crippen MR) is 102 cm³/mol. The molecule has 0 atom stereocenters. The Morgan fingerprint density at radius 3 is 2.84 bits per heavy atom. The van der Waals surface area contributed by atoms with Crippen molar-refractivity contribution in [2.45, 2.75) is 84.2 Å². The molecule has 0 saturated heterocycles. The zero-order valence-corrected chi connectivity index (χ0v) is 15.8. The molecule has 6 nitrogen and oxygen atoms in total. The van der Waals surface area contributed by atoms with E-state index >= 15 is 0 Å². The standard InChI is InChI=1S/C19H34N6/c1-2-20-19(21-13-8-11-16-9-5-6-10-16)22-15-18-24-23-17-12-4-3-7-14-25(17)18/h16H,2-15H2,1H3,(H2,20,21,22). The van der Waals surface area contributed by atoms with Gasteiger partial charge in [-0.2, -0.15) is 0 Å². The lowest BCUT2D eigenvalue weighted by atomic mass is 10.0. The van der Waals surface area contributed by atoms with E-state index in [-0.39, 0.29) is 0 Å². The molecule has 1 aliphatic carbocycles. The first-order chi connectivity index (χ1) is 12.4. The maximum Gasteiger partial charge on any atom is 0.191 e. The first-order valence-corrected chi connectivity index (χ1v) is 10.3. The maximum atomic E-state index is 4.74. The molecule has 0 spiro atoms. The van der Waals surface area contributed by atoms with Crippen LogP contribution in [-0.4, -0.2) is 33.8 Å². The SMILES string of the molecule is CCNC(=NCc1nnc2n1CCCCC2)NCCCC1CCCC1. The Labute approximate surface area is 151 Å². The molecule has 140 valence electrons. The quantitative estimate of drug-likeness (QED) is 0.452. The van der Waals surface area contributed by atoms with Gasteiger partial charge >= 0.3 is 0 Å². The Hall–Kier alpha value is -1.59. The fourth-order valence-electron chi connectivity index (χ4n) is 4.05. The highest BCUT2D eigenvalue weighted by Gasteiger charge is 2.15. The van der Waals surface area contributed by atoms with Crippen molar-refractivity contribution in [1.29, 1.82) is 0 Å². The molecule has 25 heavy (non-hydrogen) atoms. The molecular formula is C19H34N6. The Kier molecular flexibility index (Phi) is 7.12. The third-order valence-corrected chi connectivity index (χ3v) is 5.47. The normalized spacial score (nSPS) is 18.8. The summed E-state index contributed by atoms with van der Waals surface area (Å²) in [6.45, 7) is 5.63. The molecule has 1 fully saturated rings. The van der Waals surface area contributed by atoms with Crippen molar-refractivity contribution < 1.29 is 0 Å². The van der Waals surface area contributed by atoms with Crippen molar-refractivity contribution in [2.75, 3.05) is 13.1 Å². The van der Waals surface area contributed by atoms with Gasteiger partial charge in [0, 0.05) is 26.1 Å². The summed E-state index contributed by atoms with van der Waals surface area (Å²) >= 11 is 0. The Balaban J connectivity index is 1.48. The minimum atomic E-state index is 0.602. The first kappa shape index (κ1) is 18.2. The van der Waals surface area contributed by atoms with Gasteiger partial charge in [-0.25, -0.2) is 4.99 Å². The largest absolute Gasteiger partial charge is 0.357 e. The van der Waals surface area contributed by atoms with E-state index in [0.29, 0.717) is 6.54 Å². The molecule has 1 aliphatic heterocycles. The van der Waals surface area contributed by atoms with Crippen LogP contribution in [0.2, 0.25) is 0 Å². The number of nitrogens with one attached hydrogen (secondary N) is 2. The summed E-state index contributed by atoms with van der Waals surface area (Å²) in [5.74, 6) is 4.00. The number of aliphatic imine (C=N–C) groups is 1. The van der Waals surface area contributed by atoms with Crippen LogP contribution < -0.4 is 10.6 Å². The molecule has 6 heteroatoms. The van der Waals surface area contributed by atoms with Crippen molar-refractivity contribution >= 4 is 5.96 Å². The zero-order valence-electron chi connectivity index (χ0n) is 15.8. The summed E-state index contributed by atoms with van der Waals surface area (Å²) in [5.41, 5.74) is 0. The van der Waals surface area contributed by atoms with Gasteiger partial charge in [0.25, 0.3) is 0 Å². The second-order valence-corrected chi connectivity index (χ2v) is 7.41. The van der Waals surface area contributed by atoms with Gasteiger partial charge in [-0.05, 0) is 38.5 Å². The van der Waals surface area contributed by atoms with Crippen molar-refractivity contribution in [3.05, 3.63) is 11.6 Å². The van der Waals surface area contributed by atoms with Crippen molar-refractivity contribution in [3.63, 3.8) is 0 Å². The highest BCUT2D eigenvalue weighted by Crippen LogP contribution is 2.28. The fraction of sp³-hybridized carbons (Fsp3) is 0.842. The number of fused-ring (bicyclic) bond motifs is 1. The first-order valence-electron chi connectivity index (χ1n) is 10.3. The van der Waals surface area contributed by atoms with E-state index in [9.17, 15) is 0 Å². The van der Waals surface area contributed by atoms with E-state index in [0.717, 1.165) is 49.6 Å². The average Bonchev–Trinajstić information content (AvgIpc) is 3.21. The van der Waals surface area contributed by atoms with E-state index in [1.807, 2.05) is 0 Å². The van der Waals surface area contributed by atoms with Crippen LogP contribution in [0.1, 0.15) is 76.4 Å². The van der Waals surface area contributed by atoms with E-state index in [1.54, 1.807) is 0 Å². The second-order valence-electron chi connectivity index (χ2n) is 7.41. The van der Waals surface area contributed by atoms with Gasteiger partial charge in [0.1, 0.15) is 12.4 Å². The lowest BCUT2D eigenvalue weighted by Crippen LogP contribution is -2.37. The molecule has 0 bridgehead atoms. The fourth-order valence-corrected chi connectivity index (χ4v) is 4.05. The van der Waals surface area contributed by atoms with Gasteiger partial charge < -0.3 is 15.2 Å². The Morgan fingerprint density at radius 1 is 1.12 bits per heavy atom. The topological polar surface area (TPSA) is 67.1 Å². The maximum absolute atomic E-state index is 4.74. The molecule has 1 saturated carbocycles. The zero-order chi connectivity index (χ0) is 17.3. The molecule has 0 radical (unpaired) electrons. The minimum absolute atomic E-state index is 0.602. The van der Waals surface area contributed by atoms with Crippen LogP contribution in [0.25, 0.3) is 0 Å². The lowest BCUT2D eigenvalue weighted by molar-refractivity contribution is 0.481. The minimum Gasteiger partial charge on any atom is -0.357 e. The van der Waals surface area contributed by atoms with E-state index in [2.05, 4.69) is 32.3 Å². The van der Waals surface area contributed by atoms with E-state index in [1.165, 1.54) is 57.8 Å². The van der Waals surface area contributed by atoms with Crippen LogP contribution >= 0.6 is 0 Å². The molecule has 0 unspecified atom stereocenters. The number of nitrogens with zero attached hydrogens (tertiary/aromatic N) is 4. The third-order valence-electron chi connectivity index (χ3n) is 5.47. The van der Waals surface area contributed by atoms with Gasteiger partial charge in [-0.15, -0.1) is 10.2 Å². The van der Waals surface area contributed by atoms with Gasteiger partial charge in [0.05, 0.1) is 0 Å². The highest BCUT2D eigenvalue weighted by molar-refractivity contribution is 5.79. The molecule has 0 amide bonds. The van der Waals surface area contributed by atoms with Gasteiger partial charge in [0.15, 0.2) is 11.8 Å². The number of hydrogen-bond donors (Lipinski definition) is 2. The van der Waals surface area contributed by atoms with Gasteiger partial charge in [0.2, 0.25) is 0 Å². The summed E-state index contributed by atoms with van der Waals surface area (Å²) in [4.78, 5) is 4.74. The predicted octanol–water partition coefficient (Wildman–Crippen LogP) is 3.03. The third kappa shape index (κ3) is 5.44. The van der Waals surface area contributed by atoms with Crippen molar-refractivity contribution in [3.8, 4) is 0 Å². The number of guanidine groups is 1. The second kappa shape index (κ2) is 9.78. The van der Waals surface area contributed by atoms with Gasteiger partial charge in [-0.3, -0.25) is 0 Å². The summed E-state index contributed by atoms with van der Waals surface area (Å²) in [6.07, 6.45) is 13.1. The number of aromatic nitrogens is 3. The van der Waals surface area contributed by atoms with E-state index < -0.39 is 0 Å². The average molecular weight is 347 g/mol. The van der Waals surface area contributed by atoms with Crippen LogP contribution in [0.5, 0.6) is 0 Å².